The molecule has 2 aromatic carbocycles. The van der Waals surface area contributed by atoms with Crippen molar-refractivity contribution < 1.29 is 19.1 Å². The number of fused-ring (bicyclic) bond motifs is 2. The van der Waals surface area contributed by atoms with Crippen LogP contribution >= 0.6 is 0 Å². The van der Waals surface area contributed by atoms with Crippen LogP contribution in [0.3, 0.4) is 0 Å². The number of para-hydroxylation sites is 3. The Kier molecular flexibility index (Phi) is 5.99. The highest BCUT2D eigenvalue weighted by Crippen LogP contribution is 2.15. The van der Waals surface area contributed by atoms with Crippen LogP contribution in [0.5, 0.6) is 0 Å². The van der Waals surface area contributed by atoms with Crippen molar-refractivity contribution >= 4 is 33.8 Å². The van der Waals surface area contributed by atoms with Crippen LogP contribution in [0.25, 0.3) is 21.9 Å². The highest BCUT2D eigenvalue weighted by molar-refractivity contribution is 6.05. The molecule has 0 spiro atoms. The summed E-state index contributed by atoms with van der Waals surface area (Å²) in [5.41, 5.74) is 1.57. The summed E-state index contributed by atoms with van der Waals surface area (Å²) in [7, 11) is 0. The van der Waals surface area contributed by atoms with Gasteiger partial charge in [0.2, 0.25) is 5.10 Å². The van der Waals surface area contributed by atoms with Gasteiger partial charge in [0, 0.05) is 29.0 Å². The molecule has 0 atom stereocenters. The van der Waals surface area contributed by atoms with Crippen LogP contribution in [-0.2, 0) is 4.74 Å². The maximum absolute atomic E-state index is 12.4. The molecular weight excluding hydrogens is 400 g/mol. The summed E-state index contributed by atoms with van der Waals surface area (Å²) in [5, 5.41) is 34.4. The van der Waals surface area contributed by atoms with Gasteiger partial charge in [-0.3, -0.25) is 15.1 Å². The zero-order valence-corrected chi connectivity index (χ0v) is 16.5. The normalized spacial score (nSPS) is 11.0. The topological polar surface area (TPSA) is 130 Å². The molecule has 0 bridgehead atoms. The lowest BCUT2D eigenvalue weighted by molar-refractivity contribution is -0.672. The number of amides is 1. The van der Waals surface area contributed by atoms with Crippen LogP contribution in [0.15, 0.2) is 60.8 Å². The van der Waals surface area contributed by atoms with Crippen LogP contribution in [0.1, 0.15) is 10.4 Å². The highest BCUT2D eigenvalue weighted by Gasteiger charge is 2.19. The van der Waals surface area contributed by atoms with E-state index in [0.29, 0.717) is 27.2 Å². The first-order chi connectivity index (χ1) is 15.1. The lowest BCUT2D eigenvalue weighted by atomic mass is 10.1. The van der Waals surface area contributed by atoms with Crippen molar-refractivity contribution in [1.29, 1.82) is 0 Å². The zero-order chi connectivity index (χ0) is 21.6. The molecule has 4 aromatic rings. The molecule has 2 heterocycles. The minimum absolute atomic E-state index is 0.103. The Morgan fingerprint density at radius 1 is 0.968 bits per heavy atom. The zero-order valence-electron chi connectivity index (χ0n) is 16.5. The maximum atomic E-state index is 12.4. The van der Waals surface area contributed by atoms with Crippen molar-refractivity contribution in [3.8, 4) is 0 Å². The Morgan fingerprint density at radius 3 is 2.61 bits per heavy atom. The summed E-state index contributed by atoms with van der Waals surface area (Å²) in [5.74, 6) is -0.326. The number of hydrogen-bond donors (Lipinski definition) is 2. The van der Waals surface area contributed by atoms with Crippen molar-refractivity contribution in [1.82, 2.24) is 15.4 Å². The predicted molar refractivity (Wildman–Crippen MR) is 113 cm³/mol. The van der Waals surface area contributed by atoms with Crippen molar-refractivity contribution in [2.45, 2.75) is 0 Å². The van der Waals surface area contributed by atoms with Gasteiger partial charge in [0.05, 0.1) is 30.8 Å². The summed E-state index contributed by atoms with van der Waals surface area (Å²) in [6, 6.07) is 15.6. The fourth-order valence-corrected chi connectivity index (χ4v) is 3.16. The third-order valence-electron chi connectivity index (χ3n) is 4.62. The van der Waals surface area contributed by atoms with E-state index in [2.05, 4.69) is 20.7 Å². The Hall–Kier alpha value is -4.05. The number of ether oxygens (including phenoxy) is 1. The van der Waals surface area contributed by atoms with Crippen molar-refractivity contribution in [3.63, 3.8) is 0 Å². The summed E-state index contributed by atoms with van der Waals surface area (Å²) in [6.45, 7) is 1.14. The average Bonchev–Trinajstić information content (AvgIpc) is 2.81. The molecule has 0 fully saturated rings. The van der Waals surface area contributed by atoms with Gasteiger partial charge in [-0.15, -0.1) is 0 Å². The number of pyridine rings is 1. The Balaban J connectivity index is 1.23. The molecule has 0 radical (unpaired) electrons. The number of carbonyl (C=O) groups is 1. The Bertz CT molecular complexity index is 1230. The predicted octanol–water partition coefficient (Wildman–Crippen LogP) is 0.908. The molecule has 0 saturated heterocycles. The number of hydrogen-bond acceptors (Lipinski definition) is 7. The second-order valence-corrected chi connectivity index (χ2v) is 6.66. The lowest BCUT2D eigenvalue weighted by Gasteiger charge is -2.10. The van der Waals surface area contributed by atoms with E-state index in [0.717, 1.165) is 5.39 Å². The number of aromatic nitrogens is 4. The highest BCUT2D eigenvalue weighted by atomic mass is 16.5. The Morgan fingerprint density at radius 2 is 1.74 bits per heavy atom. The summed E-state index contributed by atoms with van der Waals surface area (Å²) in [4.78, 5) is 17.1. The summed E-state index contributed by atoms with van der Waals surface area (Å²) in [6.07, 6.45) is 1.65. The molecule has 0 unspecified atom stereocenters. The number of benzene rings is 2. The number of carbonyl (C=O) groups excluding carboxylic acids is 1. The quantitative estimate of drug-likeness (QED) is 0.246. The molecule has 2 N–H and O–H groups in total. The molecule has 10 nitrogen and oxygen atoms in total. The van der Waals surface area contributed by atoms with E-state index in [4.69, 9.17) is 4.74 Å². The van der Waals surface area contributed by atoms with Crippen LogP contribution in [0.2, 0.25) is 0 Å². The second kappa shape index (κ2) is 9.18. The van der Waals surface area contributed by atoms with Gasteiger partial charge < -0.3 is 20.5 Å². The van der Waals surface area contributed by atoms with Crippen molar-refractivity contribution in [2.24, 2.45) is 0 Å². The molecule has 4 rings (SSSR count). The van der Waals surface area contributed by atoms with E-state index in [1.807, 2.05) is 24.3 Å². The molecule has 2 aromatic heterocycles. The van der Waals surface area contributed by atoms with Crippen LogP contribution in [-0.4, -0.2) is 42.3 Å². The summed E-state index contributed by atoms with van der Waals surface area (Å²) >= 11 is 0. The van der Waals surface area contributed by atoms with Gasteiger partial charge in [0.1, 0.15) is 0 Å². The molecule has 158 valence electrons. The van der Waals surface area contributed by atoms with Crippen molar-refractivity contribution in [3.05, 3.63) is 76.8 Å². The van der Waals surface area contributed by atoms with Crippen molar-refractivity contribution in [2.75, 3.05) is 31.6 Å². The summed E-state index contributed by atoms with van der Waals surface area (Å²) < 4.78 is 6.04. The number of nitrogens with zero attached hydrogens (tertiary/aromatic N) is 4. The van der Waals surface area contributed by atoms with Gasteiger partial charge >= 0.3 is 5.95 Å². The Labute approximate surface area is 177 Å². The fourth-order valence-electron chi connectivity index (χ4n) is 3.16. The maximum Gasteiger partial charge on any atom is 0.461 e. The number of rotatable bonds is 8. The number of nitrogens with one attached hydrogen (secondary N) is 2. The van der Waals surface area contributed by atoms with Crippen LogP contribution in [0.4, 0.5) is 5.95 Å². The third-order valence-corrected chi connectivity index (χ3v) is 4.62. The SMILES string of the molecule is O=C(NCCOCCNc1n[n+]([O-])c2ccccc2[n+]1[O-])c1cccc2cccnc12. The molecule has 0 aliphatic rings. The van der Waals surface area contributed by atoms with Crippen LogP contribution in [0, 0.1) is 10.4 Å². The van der Waals surface area contributed by atoms with E-state index in [-0.39, 0.29) is 42.6 Å². The van der Waals surface area contributed by atoms with E-state index < -0.39 is 0 Å². The molecule has 10 heteroatoms. The fraction of sp³-hybridized carbons (Fsp3) is 0.190. The largest absolute Gasteiger partial charge is 0.739 e. The van der Waals surface area contributed by atoms with Gasteiger partial charge in [0.25, 0.3) is 11.4 Å². The lowest BCUT2D eigenvalue weighted by Crippen LogP contribution is -2.44. The number of anilines is 1. The van der Waals surface area contributed by atoms with Gasteiger partial charge in [-0.05, 0) is 18.2 Å². The first-order valence-electron chi connectivity index (χ1n) is 9.71. The van der Waals surface area contributed by atoms with Gasteiger partial charge in [-0.2, -0.15) is 0 Å². The molecule has 0 saturated carbocycles. The van der Waals surface area contributed by atoms with E-state index in [9.17, 15) is 15.2 Å². The second-order valence-electron chi connectivity index (χ2n) is 6.66. The first-order valence-corrected chi connectivity index (χ1v) is 9.71. The monoisotopic (exact) mass is 420 g/mol. The molecule has 1 amide bonds. The van der Waals surface area contributed by atoms with Gasteiger partial charge in [0.15, 0.2) is 5.52 Å². The third kappa shape index (κ3) is 4.43. The van der Waals surface area contributed by atoms with Gasteiger partial charge in [-0.25, -0.2) is 4.73 Å². The standard InChI is InChI=1S/C21H20N6O4/c28-20(16-7-3-5-15-6-4-10-22-19(15)16)23-11-13-31-14-12-24-21-25-27(30)18-9-2-1-8-17(18)26(21)29/h1-10H,11-14H2,(H,23,28)(H,24,25). The molecule has 0 aliphatic carbocycles. The van der Waals surface area contributed by atoms with E-state index in [1.165, 1.54) is 6.07 Å². The average molecular weight is 420 g/mol. The van der Waals surface area contributed by atoms with E-state index >= 15 is 0 Å². The van der Waals surface area contributed by atoms with Crippen LogP contribution < -0.4 is 20.2 Å². The van der Waals surface area contributed by atoms with E-state index in [1.54, 1.807) is 30.5 Å². The van der Waals surface area contributed by atoms with Gasteiger partial charge in [-0.1, -0.05) is 30.3 Å². The first kappa shape index (κ1) is 20.2. The smallest absolute Gasteiger partial charge is 0.461 e. The minimum Gasteiger partial charge on any atom is -0.739 e. The molecule has 31 heavy (non-hydrogen) atoms. The minimum atomic E-state index is -0.223. The molecular formula is C21H20N6O4. The molecule has 0 aliphatic heterocycles.